The highest BCUT2D eigenvalue weighted by Gasteiger charge is 2.22. The van der Waals surface area contributed by atoms with Crippen molar-refractivity contribution in [3.8, 4) is 34.5 Å². The fourth-order valence-corrected chi connectivity index (χ4v) is 5.73. The molecule has 194 valence electrons. The van der Waals surface area contributed by atoms with Crippen LogP contribution in [-0.4, -0.2) is 37.3 Å². The molecule has 0 atom stereocenters. The molecular weight excluding hydrogens is 536 g/mol. The van der Waals surface area contributed by atoms with Gasteiger partial charge in [0.05, 0.1) is 0 Å². The quantitative estimate of drug-likeness (QED) is 0.135. The lowest BCUT2D eigenvalue weighted by Crippen LogP contribution is -2.10. The summed E-state index contributed by atoms with van der Waals surface area (Å²) in [5.74, 6) is -2.25. The maximum atomic E-state index is 12.8. The molecule has 38 heavy (non-hydrogen) atoms. The molecule has 5 rings (SSSR count). The van der Waals surface area contributed by atoms with Gasteiger partial charge in [0.1, 0.15) is 9.79 Å². The van der Waals surface area contributed by atoms with E-state index in [9.17, 15) is 37.3 Å². The van der Waals surface area contributed by atoms with E-state index in [1.807, 2.05) is 0 Å². The van der Waals surface area contributed by atoms with E-state index in [0.29, 0.717) is 21.5 Å². The zero-order valence-corrected chi connectivity index (χ0v) is 20.8. The first-order chi connectivity index (χ1) is 17.9. The van der Waals surface area contributed by atoms with Crippen molar-refractivity contribution in [3.63, 3.8) is 0 Å². The van der Waals surface area contributed by atoms with Crippen LogP contribution in [0, 0.1) is 0 Å². The molecule has 4 N–H and O–H groups in total. The van der Waals surface area contributed by atoms with Crippen LogP contribution in [0.4, 0.5) is 0 Å². The Morgan fingerprint density at radius 3 is 1.24 bits per heavy atom. The highest BCUT2D eigenvalue weighted by Crippen LogP contribution is 2.37. The van der Waals surface area contributed by atoms with Gasteiger partial charge in [-0.1, -0.05) is 24.3 Å². The van der Waals surface area contributed by atoms with Crippen molar-refractivity contribution >= 4 is 41.8 Å². The third-order valence-electron chi connectivity index (χ3n) is 5.67. The number of phenolic OH excluding ortho intramolecular Hbond substituents is 4. The lowest BCUT2D eigenvalue weighted by molar-refractivity contribution is 0.401. The summed E-state index contributed by atoms with van der Waals surface area (Å²) in [5.41, 5.74) is 0. The Balaban J connectivity index is 1.56. The summed E-state index contributed by atoms with van der Waals surface area (Å²) >= 11 is 0. The van der Waals surface area contributed by atoms with Crippen LogP contribution < -0.4 is 8.37 Å². The van der Waals surface area contributed by atoms with Gasteiger partial charge in [0.2, 0.25) is 0 Å². The second kappa shape index (κ2) is 9.01. The molecule has 0 fully saturated rings. The minimum absolute atomic E-state index is 0.0181. The molecule has 0 aliphatic heterocycles. The van der Waals surface area contributed by atoms with Gasteiger partial charge in [-0.25, -0.2) is 0 Å². The van der Waals surface area contributed by atoms with E-state index in [2.05, 4.69) is 0 Å². The Kier molecular flexibility index (Phi) is 5.93. The van der Waals surface area contributed by atoms with E-state index in [0.717, 1.165) is 36.4 Å². The molecule has 12 heteroatoms. The molecule has 0 unspecified atom stereocenters. The number of hydrogen-bond donors (Lipinski definition) is 4. The fraction of sp³-hybridized carbons (Fsp3) is 0. The van der Waals surface area contributed by atoms with E-state index in [4.69, 9.17) is 8.37 Å². The summed E-state index contributed by atoms with van der Waals surface area (Å²) in [6.45, 7) is 0. The van der Waals surface area contributed by atoms with E-state index in [1.165, 1.54) is 12.1 Å². The molecule has 0 saturated carbocycles. The van der Waals surface area contributed by atoms with Crippen molar-refractivity contribution in [3.05, 3.63) is 84.9 Å². The van der Waals surface area contributed by atoms with Crippen LogP contribution >= 0.6 is 0 Å². The Labute approximate surface area is 216 Å². The first-order valence-electron chi connectivity index (χ1n) is 10.8. The lowest BCUT2D eigenvalue weighted by atomic mass is 10.0. The number of fused-ring (bicyclic) bond motifs is 2. The molecule has 0 amide bonds. The van der Waals surface area contributed by atoms with Crippen LogP contribution in [0.25, 0.3) is 21.5 Å². The van der Waals surface area contributed by atoms with Crippen molar-refractivity contribution in [2.75, 3.05) is 0 Å². The second-order valence-electron chi connectivity index (χ2n) is 8.18. The van der Waals surface area contributed by atoms with Gasteiger partial charge in [-0.05, 0) is 59.3 Å². The first kappa shape index (κ1) is 25.0. The van der Waals surface area contributed by atoms with Gasteiger partial charge in [-0.3, -0.25) is 0 Å². The maximum absolute atomic E-state index is 12.8. The van der Waals surface area contributed by atoms with Crippen LogP contribution in [0.3, 0.4) is 0 Å². The van der Waals surface area contributed by atoms with Crippen molar-refractivity contribution in [1.29, 1.82) is 0 Å². The van der Waals surface area contributed by atoms with Crippen LogP contribution in [0.2, 0.25) is 0 Å². The molecule has 0 bridgehead atoms. The summed E-state index contributed by atoms with van der Waals surface area (Å²) in [6, 6.07) is 18.5. The van der Waals surface area contributed by atoms with E-state index in [-0.39, 0.29) is 21.3 Å². The normalized spacial score (nSPS) is 12.0. The first-order valence-corrected chi connectivity index (χ1v) is 13.6. The average Bonchev–Trinajstić information content (AvgIpc) is 2.86. The Bertz CT molecular complexity index is 1810. The highest BCUT2D eigenvalue weighted by molar-refractivity contribution is 7.87. The molecule has 0 aromatic heterocycles. The molecule has 0 aliphatic rings. The van der Waals surface area contributed by atoms with Crippen LogP contribution in [-0.2, 0) is 20.2 Å². The minimum atomic E-state index is -4.38. The monoisotopic (exact) mass is 554 g/mol. The number of hydrogen-bond acceptors (Lipinski definition) is 10. The molecular formula is C26H18O10S2. The summed E-state index contributed by atoms with van der Waals surface area (Å²) in [7, 11) is -8.76. The Morgan fingerprint density at radius 2 is 0.868 bits per heavy atom. The molecule has 0 saturated heterocycles. The topological polar surface area (TPSA) is 168 Å². The lowest BCUT2D eigenvalue weighted by Gasteiger charge is -2.13. The standard InChI is InChI=1S/C26H18O10S2/c27-21-9-7-17(13-23(21)29)37(31,32)35-25-5-1-3-15-11-20-16(12-19(15)25)4-2-6-26(20)36-38(33,34)18-8-10-22(28)24(30)14-18/h1-14,27-30H. The number of rotatable bonds is 6. The summed E-state index contributed by atoms with van der Waals surface area (Å²) in [5, 5.41) is 40.1. The van der Waals surface area contributed by atoms with Gasteiger partial charge < -0.3 is 28.8 Å². The zero-order valence-electron chi connectivity index (χ0n) is 19.1. The number of benzene rings is 5. The largest absolute Gasteiger partial charge is 0.504 e. The predicted octanol–water partition coefficient (Wildman–Crippen LogP) is 4.35. The molecule has 0 spiro atoms. The number of aromatic hydroxyl groups is 4. The Hall–Kier alpha value is -4.68. The second-order valence-corrected chi connectivity index (χ2v) is 11.3. The minimum Gasteiger partial charge on any atom is -0.504 e. The average molecular weight is 555 g/mol. The smallest absolute Gasteiger partial charge is 0.339 e. The maximum Gasteiger partial charge on any atom is 0.339 e. The molecule has 0 radical (unpaired) electrons. The van der Waals surface area contributed by atoms with Crippen molar-refractivity contribution in [1.82, 2.24) is 0 Å². The van der Waals surface area contributed by atoms with Crippen LogP contribution in [0.1, 0.15) is 0 Å². The van der Waals surface area contributed by atoms with Gasteiger partial charge in [0.15, 0.2) is 34.5 Å². The third-order valence-corrected chi connectivity index (χ3v) is 8.13. The van der Waals surface area contributed by atoms with Gasteiger partial charge in [-0.15, -0.1) is 0 Å². The summed E-state index contributed by atoms with van der Waals surface area (Å²) < 4.78 is 62.0. The molecule has 0 aliphatic carbocycles. The van der Waals surface area contributed by atoms with Crippen molar-refractivity contribution in [2.24, 2.45) is 0 Å². The highest BCUT2D eigenvalue weighted by atomic mass is 32.2. The Morgan fingerprint density at radius 1 is 0.474 bits per heavy atom. The zero-order chi connectivity index (χ0) is 27.2. The van der Waals surface area contributed by atoms with Gasteiger partial charge in [0, 0.05) is 22.9 Å². The molecule has 10 nitrogen and oxygen atoms in total. The molecule has 5 aromatic rings. The third kappa shape index (κ3) is 4.58. The van der Waals surface area contributed by atoms with Crippen LogP contribution in [0.5, 0.6) is 34.5 Å². The molecule has 0 heterocycles. The predicted molar refractivity (Wildman–Crippen MR) is 137 cm³/mol. The van der Waals surface area contributed by atoms with E-state index >= 15 is 0 Å². The van der Waals surface area contributed by atoms with Gasteiger partial charge in [-0.2, -0.15) is 16.8 Å². The van der Waals surface area contributed by atoms with E-state index in [1.54, 1.807) is 36.4 Å². The van der Waals surface area contributed by atoms with Gasteiger partial charge in [0.25, 0.3) is 0 Å². The SMILES string of the molecule is O=S(=O)(Oc1cccc2cc3c(OS(=O)(=O)c4ccc(O)c(O)c4)cccc3cc12)c1ccc(O)c(O)c1. The van der Waals surface area contributed by atoms with Gasteiger partial charge >= 0.3 is 20.2 Å². The van der Waals surface area contributed by atoms with Crippen molar-refractivity contribution < 1.29 is 45.6 Å². The van der Waals surface area contributed by atoms with Crippen LogP contribution in [0.15, 0.2) is 94.7 Å². The molecule has 5 aromatic carbocycles. The summed E-state index contributed by atoms with van der Waals surface area (Å²) in [6.07, 6.45) is 0. The number of phenols is 4. The van der Waals surface area contributed by atoms with E-state index < -0.39 is 43.2 Å². The summed E-state index contributed by atoms with van der Waals surface area (Å²) in [4.78, 5) is -0.737. The fourth-order valence-electron chi connectivity index (χ4n) is 3.79. The van der Waals surface area contributed by atoms with Crippen molar-refractivity contribution in [2.45, 2.75) is 9.79 Å².